The number of hydrogen-bond donors (Lipinski definition) is 1. The molecule has 6 atom stereocenters. The number of amides is 1. The maximum absolute atomic E-state index is 13.6. The van der Waals surface area contributed by atoms with Gasteiger partial charge in [0, 0.05) is 30.6 Å². The Kier molecular flexibility index (Phi) is 4.44. The molecular weight excluding hydrogens is 440 g/mol. The highest BCUT2D eigenvalue weighted by Crippen LogP contribution is 2.75. The molecule has 6 nitrogen and oxygen atoms in total. The van der Waals surface area contributed by atoms with E-state index in [4.69, 9.17) is 4.74 Å². The van der Waals surface area contributed by atoms with Gasteiger partial charge in [0.1, 0.15) is 11.2 Å². The standard InChI is InChI=1S/C29H38N2O4/c1-27(2,26(33)34)25(32)31-16-19-14-28-9-8-22(31)24(19)29(28)10-11-30(15-17-4-5-17)23(28)12-18-6-7-20(35-3)13-21(18)29/h6-7,13,17,19,22-24H,4-5,8-12,14-16H2,1-3H3,(H,33,34)/t19-,22?,23?,24?,28?,29?/m1/s1. The monoisotopic (exact) mass is 478 g/mol. The van der Waals surface area contributed by atoms with E-state index in [1.165, 1.54) is 36.9 Å². The molecule has 0 radical (unpaired) electrons. The normalized spacial score (nSPS) is 39.2. The number of methoxy groups -OCH3 is 1. The fraction of sp³-hybridized carbons (Fsp3) is 0.724. The van der Waals surface area contributed by atoms with Crippen LogP contribution in [0.5, 0.6) is 5.75 Å². The van der Waals surface area contributed by atoms with E-state index in [0.29, 0.717) is 17.9 Å². The molecule has 2 saturated heterocycles. The van der Waals surface area contributed by atoms with Gasteiger partial charge in [-0.3, -0.25) is 14.5 Å². The Balaban J connectivity index is 1.35. The van der Waals surface area contributed by atoms with Crippen LogP contribution in [0.1, 0.15) is 63.5 Å². The smallest absolute Gasteiger partial charge is 0.318 e. The third kappa shape index (κ3) is 2.65. The summed E-state index contributed by atoms with van der Waals surface area (Å²) in [6.45, 7) is 6.27. The highest BCUT2D eigenvalue weighted by atomic mass is 16.5. The molecule has 1 aromatic rings. The minimum atomic E-state index is -1.38. The van der Waals surface area contributed by atoms with Crippen molar-refractivity contribution in [3.63, 3.8) is 0 Å². The average Bonchev–Trinajstić information content (AvgIpc) is 3.53. The lowest BCUT2D eigenvalue weighted by molar-refractivity contribution is -0.161. The zero-order chi connectivity index (χ0) is 24.3. The number of rotatable bonds is 5. The van der Waals surface area contributed by atoms with Gasteiger partial charge in [-0.05, 0) is 112 Å². The molecule has 1 amide bonds. The number of aliphatic carboxylic acids is 1. The summed E-state index contributed by atoms with van der Waals surface area (Å²) in [4.78, 5) is 30.4. The topological polar surface area (TPSA) is 70.1 Å². The van der Waals surface area contributed by atoms with E-state index in [9.17, 15) is 14.7 Å². The molecule has 1 aromatic carbocycles. The van der Waals surface area contributed by atoms with Crippen LogP contribution in [0.25, 0.3) is 0 Å². The minimum absolute atomic E-state index is 0.0653. The van der Waals surface area contributed by atoms with Gasteiger partial charge in [-0.25, -0.2) is 0 Å². The largest absolute Gasteiger partial charge is 0.497 e. The second-order valence-corrected chi connectivity index (χ2v) is 13.0. The van der Waals surface area contributed by atoms with Crippen LogP contribution >= 0.6 is 0 Å². The molecule has 4 bridgehead atoms. The molecule has 4 aliphatic carbocycles. The third-order valence-electron chi connectivity index (χ3n) is 11.3. The van der Waals surface area contributed by atoms with Crippen molar-refractivity contribution in [1.82, 2.24) is 9.80 Å². The number of carboxylic acids is 1. The van der Waals surface area contributed by atoms with Gasteiger partial charge in [-0.1, -0.05) is 6.07 Å². The lowest BCUT2D eigenvalue weighted by atomic mass is 9.43. The molecule has 188 valence electrons. The van der Waals surface area contributed by atoms with Gasteiger partial charge in [-0.2, -0.15) is 0 Å². The SMILES string of the molecule is COc1ccc2c(c1)C13CCN(CC4CC4)C(C2)C12CCC1C3[C@@H](CN1C(=O)C(C)(C)C(=O)O)C2. The molecule has 5 fully saturated rings. The third-order valence-corrected chi connectivity index (χ3v) is 11.3. The zero-order valence-corrected chi connectivity index (χ0v) is 21.3. The number of likely N-dealkylation sites (tertiary alicyclic amines) is 2. The summed E-state index contributed by atoms with van der Waals surface area (Å²) < 4.78 is 5.72. The van der Waals surface area contributed by atoms with Gasteiger partial charge >= 0.3 is 5.97 Å². The molecule has 5 unspecified atom stereocenters. The van der Waals surface area contributed by atoms with E-state index in [-0.39, 0.29) is 22.8 Å². The van der Waals surface area contributed by atoms with Crippen molar-refractivity contribution in [2.24, 2.45) is 28.6 Å². The van der Waals surface area contributed by atoms with Crippen molar-refractivity contribution in [1.29, 1.82) is 0 Å². The Hall–Kier alpha value is -2.08. The van der Waals surface area contributed by atoms with Crippen LogP contribution in [-0.4, -0.2) is 65.6 Å². The summed E-state index contributed by atoms with van der Waals surface area (Å²) in [5.41, 5.74) is 1.92. The molecule has 3 saturated carbocycles. The van der Waals surface area contributed by atoms with Crippen molar-refractivity contribution in [2.75, 3.05) is 26.7 Å². The molecule has 1 N–H and O–H groups in total. The molecule has 6 heteroatoms. The number of fused-ring (bicyclic) bond motifs is 1. The number of carboxylic acid groups (broad SMARTS) is 1. The Labute approximate surface area is 208 Å². The van der Waals surface area contributed by atoms with Crippen molar-refractivity contribution >= 4 is 11.9 Å². The lowest BCUT2D eigenvalue weighted by Crippen LogP contribution is -2.70. The fourth-order valence-electron chi connectivity index (χ4n) is 9.75. The molecule has 35 heavy (non-hydrogen) atoms. The lowest BCUT2D eigenvalue weighted by Gasteiger charge is -2.66. The second-order valence-electron chi connectivity index (χ2n) is 13.0. The predicted molar refractivity (Wildman–Crippen MR) is 131 cm³/mol. The number of carbonyl (C=O) groups excluding carboxylic acids is 1. The van der Waals surface area contributed by atoms with Crippen LogP contribution in [-0.2, 0) is 21.4 Å². The van der Waals surface area contributed by atoms with Crippen molar-refractivity contribution in [2.45, 2.75) is 76.3 Å². The quantitative estimate of drug-likeness (QED) is 0.654. The maximum Gasteiger partial charge on any atom is 0.318 e. The average molecular weight is 479 g/mol. The summed E-state index contributed by atoms with van der Waals surface area (Å²) in [5.74, 6) is 1.48. The zero-order valence-electron chi connectivity index (χ0n) is 21.3. The van der Waals surface area contributed by atoms with Crippen LogP contribution in [0.4, 0.5) is 0 Å². The van der Waals surface area contributed by atoms with Crippen molar-refractivity contribution < 1.29 is 19.4 Å². The summed E-state index contributed by atoms with van der Waals surface area (Å²) in [5, 5.41) is 9.80. The molecule has 0 spiro atoms. The number of hydrogen-bond acceptors (Lipinski definition) is 4. The Bertz CT molecular complexity index is 1110. The summed E-state index contributed by atoms with van der Waals surface area (Å²) in [7, 11) is 1.76. The number of carbonyl (C=O) groups is 2. The Morgan fingerprint density at radius 3 is 2.71 bits per heavy atom. The van der Waals surface area contributed by atoms with Gasteiger partial charge < -0.3 is 14.7 Å². The Morgan fingerprint density at radius 1 is 1.20 bits per heavy atom. The van der Waals surface area contributed by atoms with E-state index in [1.54, 1.807) is 21.0 Å². The van der Waals surface area contributed by atoms with Crippen LogP contribution in [0, 0.1) is 28.6 Å². The van der Waals surface area contributed by atoms with Crippen molar-refractivity contribution in [3.05, 3.63) is 29.3 Å². The first-order valence-electron chi connectivity index (χ1n) is 13.7. The van der Waals surface area contributed by atoms with Crippen LogP contribution in [0.2, 0.25) is 0 Å². The summed E-state index contributed by atoms with van der Waals surface area (Å²) in [6.07, 6.45) is 8.39. The minimum Gasteiger partial charge on any atom is -0.497 e. The van der Waals surface area contributed by atoms with Gasteiger partial charge in [0.05, 0.1) is 7.11 Å². The van der Waals surface area contributed by atoms with Gasteiger partial charge in [0.15, 0.2) is 0 Å². The summed E-state index contributed by atoms with van der Waals surface area (Å²) >= 11 is 0. The van der Waals surface area contributed by atoms with E-state index in [0.717, 1.165) is 50.4 Å². The predicted octanol–water partition coefficient (Wildman–Crippen LogP) is 3.71. The molecule has 7 rings (SSSR count). The molecule has 6 aliphatic rings. The van der Waals surface area contributed by atoms with Gasteiger partial charge in [-0.15, -0.1) is 0 Å². The Morgan fingerprint density at radius 2 is 2.00 bits per heavy atom. The van der Waals surface area contributed by atoms with E-state index < -0.39 is 11.4 Å². The van der Waals surface area contributed by atoms with Crippen LogP contribution in [0.15, 0.2) is 18.2 Å². The molecule has 2 heterocycles. The van der Waals surface area contributed by atoms with Crippen LogP contribution < -0.4 is 4.74 Å². The number of benzene rings is 1. The maximum atomic E-state index is 13.6. The number of nitrogens with zero attached hydrogens (tertiary/aromatic N) is 2. The first kappa shape index (κ1) is 22.1. The van der Waals surface area contributed by atoms with E-state index in [2.05, 4.69) is 23.1 Å². The van der Waals surface area contributed by atoms with Crippen molar-refractivity contribution in [3.8, 4) is 5.75 Å². The van der Waals surface area contributed by atoms with Gasteiger partial charge in [0.25, 0.3) is 0 Å². The van der Waals surface area contributed by atoms with Gasteiger partial charge in [0.2, 0.25) is 5.91 Å². The highest BCUT2D eigenvalue weighted by molar-refractivity contribution is 6.01. The summed E-state index contributed by atoms with van der Waals surface area (Å²) in [6, 6.07) is 7.49. The number of ether oxygens (including phenoxy) is 1. The molecular formula is C29H38N2O4. The molecule has 2 aliphatic heterocycles. The molecule has 0 aromatic heterocycles. The van der Waals surface area contributed by atoms with E-state index in [1.807, 2.05) is 4.90 Å². The second kappa shape index (κ2) is 7.02. The fourth-order valence-corrected chi connectivity index (χ4v) is 9.75. The highest BCUT2D eigenvalue weighted by Gasteiger charge is 2.76. The first-order chi connectivity index (χ1) is 16.7. The van der Waals surface area contributed by atoms with E-state index >= 15 is 0 Å². The number of piperidine rings is 1. The van der Waals surface area contributed by atoms with Crippen LogP contribution in [0.3, 0.4) is 0 Å². The first-order valence-corrected chi connectivity index (χ1v) is 13.7.